The van der Waals surface area contributed by atoms with Gasteiger partial charge in [0.1, 0.15) is 12.4 Å². The molecule has 0 radical (unpaired) electrons. The van der Waals surface area contributed by atoms with Crippen LogP contribution in [0.1, 0.15) is 40.2 Å². The smallest absolute Gasteiger partial charge is 0.427 e. The van der Waals surface area contributed by atoms with E-state index in [4.69, 9.17) is 10.00 Å². The van der Waals surface area contributed by atoms with Crippen LogP contribution in [-0.4, -0.2) is 31.0 Å². The molecule has 1 amide bonds. The van der Waals surface area contributed by atoms with Crippen molar-refractivity contribution in [2.45, 2.75) is 53.3 Å². The Morgan fingerprint density at radius 3 is 2.33 bits per heavy atom. The topological polar surface area (TPSA) is 74.6 Å². The first-order valence-electron chi connectivity index (χ1n) is 8.93. The summed E-state index contributed by atoms with van der Waals surface area (Å²) in [5.74, 6) is 0.664. The van der Waals surface area contributed by atoms with Gasteiger partial charge in [0.2, 0.25) is 5.60 Å². The van der Waals surface area contributed by atoms with E-state index in [1.54, 1.807) is 19.1 Å². The molecule has 1 aliphatic heterocycles. The van der Waals surface area contributed by atoms with Gasteiger partial charge in [-0.15, -0.1) is 0 Å². The maximum atomic E-state index is 12.8. The van der Waals surface area contributed by atoms with Crippen LogP contribution in [-0.2, 0) is 4.74 Å². The number of nitrogens with one attached hydrogen (secondary N) is 1. The first-order valence-corrected chi connectivity index (χ1v) is 12.2. The zero-order valence-corrected chi connectivity index (χ0v) is 20.6. The van der Waals surface area contributed by atoms with Crippen LogP contribution < -0.4 is 14.4 Å². The minimum atomic E-state index is -4.66. The maximum Gasteiger partial charge on any atom is 0.427 e. The van der Waals surface area contributed by atoms with E-state index >= 15 is 0 Å². The second-order valence-electron chi connectivity index (χ2n) is 7.99. The van der Waals surface area contributed by atoms with Gasteiger partial charge in [0.25, 0.3) is 0 Å². The van der Waals surface area contributed by atoms with E-state index in [0.717, 1.165) is 19.5 Å². The second kappa shape index (κ2) is 10.2. The van der Waals surface area contributed by atoms with E-state index in [9.17, 15) is 18.0 Å². The lowest BCUT2D eigenvalue weighted by atomic mass is 10.0. The molecule has 1 heterocycles. The van der Waals surface area contributed by atoms with Gasteiger partial charge in [0.15, 0.2) is 0 Å². The monoisotopic (exact) mass is 559 g/mol. The quantitative estimate of drug-likeness (QED) is 0.331. The highest BCUT2D eigenvalue weighted by Crippen LogP contribution is 2.43. The molecule has 0 aromatic heterocycles. The Morgan fingerprint density at radius 1 is 1.30 bits per heavy atom. The molecule has 1 aromatic carbocycles. The Morgan fingerprint density at radius 2 is 1.87 bits per heavy atom. The molecule has 1 aromatic rings. The molecule has 168 valence electrons. The first-order chi connectivity index (χ1) is 13.6. The van der Waals surface area contributed by atoms with Crippen molar-refractivity contribution < 1.29 is 27.4 Å². The van der Waals surface area contributed by atoms with Crippen molar-refractivity contribution in [2.75, 3.05) is 22.8 Å². The summed E-state index contributed by atoms with van der Waals surface area (Å²) in [6.45, 7) is 10.2. The molecule has 1 aliphatic rings. The zero-order chi connectivity index (χ0) is 23.3. The molecule has 0 aliphatic carbocycles. The van der Waals surface area contributed by atoms with Gasteiger partial charge >= 0.3 is 12.3 Å². The van der Waals surface area contributed by atoms with Gasteiger partial charge in [0.05, 0.1) is 18.3 Å². The fraction of sp³-hybridized carbons (Fsp3) is 0.579. The lowest BCUT2D eigenvalue weighted by molar-refractivity contribution is -0.242. The molecular weight excluding hydrogens is 534 g/mol. The van der Waals surface area contributed by atoms with Crippen LogP contribution in [0.25, 0.3) is 0 Å². The SMILES string of the molecule is CC(C)(C)C#N.Cc1c(NC(=O)OC(C)(C)C(F)(F)F)ccc2c1N(SI)CCO2. The summed E-state index contributed by atoms with van der Waals surface area (Å²) >= 11 is 2.13. The number of fused-ring (bicyclic) bond motifs is 1. The Balaban J connectivity index is 0.000000656. The third kappa shape index (κ3) is 7.30. The van der Waals surface area contributed by atoms with Crippen LogP contribution in [0.4, 0.5) is 29.3 Å². The third-order valence-electron chi connectivity index (χ3n) is 3.88. The van der Waals surface area contributed by atoms with Gasteiger partial charge in [-0.2, -0.15) is 18.4 Å². The van der Waals surface area contributed by atoms with Crippen LogP contribution in [0, 0.1) is 23.7 Å². The van der Waals surface area contributed by atoms with E-state index in [1.165, 1.54) is 9.12 Å². The number of nitriles is 1. The Bertz CT molecular complexity index is 805. The van der Waals surface area contributed by atoms with Crippen molar-refractivity contribution in [1.82, 2.24) is 0 Å². The number of hydrogen-bond acceptors (Lipinski definition) is 6. The number of halogens is 4. The number of rotatable bonds is 3. The second-order valence-corrected chi connectivity index (χ2v) is 9.75. The van der Waals surface area contributed by atoms with Crippen LogP contribution in [0.5, 0.6) is 5.75 Å². The normalized spacial score (nSPS) is 13.8. The van der Waals surface area contributed by atoms with E-state index in [-0.39, 0.29) is 5.41 Å². The number of carbonyl (C=O) groups excluding carboxylic acids is 1. The number of amides is 1. The fourth-order valence-corrected chi connectivity index (χ4v) is 3.70. The largest absolute Gasteiger partial charge is 0.489 e. The summed E-state index contributed by atoms with van der Waals surface area (Å²) in [4.78, 5) is 11.9. The average Bonchev–Trinajstić information content (AvgIpc) is 2.62. The maximum absolute atomic E-state index is 12.8. The molecule has 1 N–H and O–H groups in total. The van der Waals surface area contributed by atoms with Gasteiger partial charge in [-0.3, -0.25) is 5.32 Å². The summed E-state index contributed by atoms with van der Waals surface area (Å²) < 4.78 is 50.5. The Hall–Kier alpha value is -1.55. The molecule has 2 rings (SSSR count). The zero-order valence-electron chi connectivity index (χ0n) is 17.6. The van der Waals surface area contributed by atoms with Gasteiger partial charge in [-0.1, -0.05) is 0 Å². The average molecular weight is 559 g/mol. The molecule has 11 heteroatoms. The minimum absolute atomic E-state index is 0.153. The summed E-state index contributed by atoms with van der Waals surface area (Å²) in [6, 6.07) is 5.36. The fourth-order valence-electron chi connectivity index (χ4n) is 2.08. The molecule has 0 atom stereocenters. The predicted molar refractivity (Wildman–Crippen MR) is 121 cm³/mol. The molecule has 0 unspecified atom stereocenters. The van der Waals surface area contributed by atoms with Crippen molar-refractivity contribution in [1.29, 1.82) is 5.26 Å². The predicted octanol–water partition coefficient (Wildman–Crippen LogP) is 6.64. The highest BCUT2D eigenvalue weighted by atomic mass is 127. The first kappa shape index (κ1) is 26.5. The highest BCUT2D eigenvalue weighted by Gasteiger charge is 2.51. The minimum Gasteiger partial charge on any atom is -0.489 e. The molecule has 0 saturated heterocycles. The van der Waals surface area contributed by atoms with Gasteiger partial charge < -0.3 is 13.8 Å². The number of anilines is 2. The number of alkyl halides is 3. The van der Waals surface area contributed by atoms with Gasteiger partial charge in [-0.25, -0.2) is 4.79 Å². The van der Waals surface area contributed by atoms with Crippen molar-refractivity contribution in [3.8, 4) is 11.8 Å². The van der Waals surface area contributed by atoms with Crippen LogP contribution in [0.3, 0.4) is 0 Å². The molecule has 0 fully saturated rings. The molecule has 30 heavy (non-hydrogen) atoms. The van der Waals surface area contributed by atoms with E-state index < -0.39 is 17.9 Å². The highest BCUT2D eigenvalue weighted by molar-refractivity contribution is 14.2. The number of benzene rings is 1. The van der Waals surface area contributed by atoms with Crippen LogP contribution in [0.2, 0.25) is 0 Å². The lowest BCUT2D eigenvalue weighted by Crippen LogP contribution is -2.44. The number of nitrogens with zero attached hydrogens (tertiary/aromatic N) is 2. The summed E-state index contributed by atoms with van der Waals surface area (Å²) in [5, 5.41) is 10.5. The standard InChI is InChI=1S/C14H16F3IN2O3S.C5H9N/c1-8-9(19-12(21)23-13(2,3)14(15,16)17)4-5-10-11(8)20(24-18)6-7-22-10;1-5(2,3)4-6/h4-5H,6-7H2,1-3H3,(H,19,21);1-3H3. The number of carbonyl (C=O) groups is 1. The number of ether oxygens (including phenoxy) is 2. The van der Waals surface area contributed by atoms with Crippen LogP contribution >= 0.6 is 30.3 Å². The van der Waals surface area contributed by atoms with Crippen molar-refractivity contribution in [3.63, 3.8) is 0 Å². The Labute approximate surface area is 191 Å². The summed E-state index contributed by atoms with van der Waals surface area (Å²) in [6.07, 6.45) is -5.82. The summed E-state index contributed by atoms with van der Waals surface area (Å²) in [7, 11) is 1.47. The van der Waals surface area contributed by atoms with Crippen molar-refractivity contribution in [2.24, 2.45) is 5.41 Å². The summed E-state index contributed by atoms with van der Waals surface area (Å²) in [5.41, 5.74) is -0.879. The lowest BCUT2D eigenvalue weighted by Gasteiger charge is -2.31. The van der Waals surface area contributed by atoms with Crippen molar-refractivity contribution in [3.05, 3.63) is 17.7 Å². The van der Waals surface area contributed by atoms with Gasteiger partial charge in [-0.05, 0) is 53.7 Å². The molecule has 0 saturated carbocycles. The van der Waals surface area contributed by atoms with E-state index in [1.807, 2.05) is 25.1 Å². The van der Waals surface area contributed by atoms with Gasteiger partial charge in [0, 0.05) is 47.0 Å². The van der Waals surface area contributed by atoms with E-state index in [0.29, 0.717) is 30.2 Å². The molecule has 0 bridgehead atoms. The third-order valence-corrected chi connectivity index (χ3v) is 5.84. The van der Waals surface area contributed by atoms with Crippen LogP contribution in [0.15, 0.2) is 12.1 Å². The Kier molecular flexibility index (Phi) is 8.98. The van der Waals surface area contributed by atoms with E-state index in [2.05, 4.69) is 37.3 Å². The molecule has 6 nitrogen and oxygen atoms in total. The molecular formula is C19H25F3IN3O3S. The molecule has 0 spiro atoms. The van der Waals surface area contributed by atoms with Crippen molar-refractivity contribution >= 4 is 47.8 Å². The number of hydrogen-bond donors (Lipinski definition) is 1.